The van der Waals surface area contributed by atoms with Gasteiger partial charge in [0.15, 0.2) is 6.61 Å². The Morgan fingerprint density at radius 1 is 0.964 bits per heavy atom. The molecule has 0 radical (unpaired) electrons. The van der Waals surface area contributed by atoms with Crippen LogP contribution in [0.1, 0.15) is 44.9 Å². The number of hydrogen-bond acceptors (Lipinski definition) is 4. The van der Waals surface area contributed by atoms with Crippen molar-refractivity contribution in [2.75, 3.05) is 25.0 Å². The highest BCUT2D eigenvalue weighted by Gasteiger charge is 2.29. The molecule has 2 fully saturated rings. The molecule has 1 heterocycles. The smallest absolute Gasteiger partial charge is 0.321 e. The first-order valence-electron chi connectivity index (χ1n) is 10.2. The highest BCUT2D eigenvalue weighted by atomic mass is 16.5. The van der Waals surface area contributed by atoms with E-state index in [0.717, 1.165) is 31.4 Å². The number of likely N-dealkylation sites (tertiary alicyclic amines) is 1. The van der Waals surface area contributed by atoms with Crippen molar-refractivity contribution in [2.24, 2.45) is 5.92 Å². The van der Waals surface area contributed by atoms with E-state index in [0.29, 0.717) is 25.9 Å². The summed E-state index contributed by atoms with van der Waals surface area (Å²) in [5.41, 5.74) is 0.748. The standard InChI is InChI=1S/C21H29N3O4/c25-19(22-17-7-3-1-4-8-17)15-28-20(26)16-11-13-24(14-12-16)21(27)23-18-9-5-2-6-10-18/h2,5-6,9-10,16-17H,1,3-4,7-8,11-15H2,(H,22,25)(H,23,27). The predicted molar refractivity (Wildman–Crippen MR) is 106 cm³/mol. The van der Waals surface area contributed by atoms with Crippen LogP contribution in [0.2, 0.25) is 0 Å². The fraction of sp³-hybridized carbons (Fsp3) is 0.571. The van der Waals surface area contributed by atoms with Gasteiger partial charge < -0.3 is 20.3 Å². The molecule has 7 heteroatoms. The molecule has 3 amide bonds. The molecule has 152 valence electrons. The van der Waals surface area contributed by atoms with Crippen molar-refractivity contribution in [3.05, 3.63) is 30.3 Å². The Bertz CT molecular complexity index is 665. The number of hydrogen-bond donors (Lipinski definition) is 2. The third-order valence-electron chi connectivity index (χ3n) is 5.46. The van der Waals surface area contributed by atoms with Crippen molar-refractivity contribution < 1.29 is 19.1 Å². The minimum absolute atomic E-state index is 0.162. The van der Waals surface area contributed by atoms with Crippen molar-refractivity contribution in [1.29, 1.82) is 0 Å². The monoisotopic (exact) mass is 387 g/mol. The molecule has 0 unspecified atom stereocenters. The Morgan fingerprint density at radius 3 is 2.32 bits per heavy atom. The van der Waals surface area contributed by atoms with Crippen molar-refractivity contribution in [3.8, 4) is 0 Å². The van der Waals surface area contributed by atoms with Crippen LogP contribution in [0.25, 0.3) is 0 Å². The molecule has 28 heavy (non-hydrogen) atoms. The van der Waals surface area contributed by atoms with E-state index in [1.165, 1.54) is 6.42 Å². The molecule has 1 saturated heterocycles. The number of rotatable bonds is 5. The van der Waals surface area contributed by atoms with Gasteiger partial charge in [0.2, 0.25) is 0 Å². The van der Waals surface area contributed by atoms with Gasteiger partial charge in [-0.25, -0.2) is 4.79 Å². The second-order valence-electron chi connectivity index (χ2n) is 7.57. The summed E-state index contributed by atoms with van der Waals surface area (Å²) < 4.78 is 5.21. The van der Waals surface area contributed by atoms with Crippen LogP contribution in [-0.4, -0.2) is 48.5 Å². The van der Waals surface area contributed by atoms with Gasteiger partial charge in [0.05, 0.1) is 5.92 Å². The molecule has 0 bridgehead atoms. The Hall–Kier alpha value is -2.57. The van der Waals surface area contributed by atoms with Crippen LogP contribution in [0, 0.1) is 5.92 Å². The molecular formula is C21H29N3O4. The number of nitrogens with one attached hydrogen (secondary N) is 2. The lowest BCUT2D eigenvalue weighted by Crippen LogP contribution is -2.43. The Kier molecular flexibility index (Phi) is 7.28. The average Bonchev–Trinajstić information content (AvgIpc) is 2.73. The largest absolute Gasteiger partial charge is 0.455 e. The summed E-state index contributed by atoms with van der Waals surface area (Å²) in [4.78, 5) is 38.2. The molecule has 1 aliphatic heterocycles. The number of piperidine rings is 1. The minimum atomic E-state index is -0.345. The maximum absolute atomic E-state index is 12.3. The maximum atomic E-state index is 12.3. The van der Waals surface area contributed by atoms with Crippen molar-refractivity contribution >= 4 is 23.6 Å². The Morgan fingerprint density at radius 2 is 1.64 bits per heavy atom. The zero-order valence-electron chi connectivity index (χ0n) is 16.2. The number of ether oxygens (including phenoxy) is 1. The highest BCUT2D eigenvalue weighted by molar-refractivity contribution is 5.89. The van der Waals surface area contributed by atoms with Crippen molar-refractivity contribution in [3.63, 3.8) is 0 Å². The summed E-state index contributed by atoms with van der Waals surface area (Å²) in [6.07, 6.45) is 6.61. The third kappa shape index (κ3) is 5.97. The third-order valence-corrected chi connectivity index (χ3v) is 5.46. The number of anilines is 1. The van der Waals surface area contributed by atoms with E-state index in [1.54, 1.807) is 4.90 Å². The molecule has 1 aromatic rings. The van der Waals surface area contributed by atoms with Gasteiger partial charge in [-0.3, -0.25) is 9.59 Å². The van der Waals surface area contributed by atoms with Crippen LogP contribution >= 0.6 is 0 Å². The van der Waals surface area contributed by atoms with Crippen molar-refractivity contribution in [1.82, 2.24) is 10.2 Å². The molecule has 2 aliphatic rings. The van der Waals surface area contributed by atoms with Crippen LogP contribution in [0.4, 0.5) is 10.5 Å². The number of carbonyl (C=O) groups excluding carboxylic acids is 3. The summed E-state index contributed by atoms with van der Waals surface area (Å²) in [5.74, 6) is -0.829. The van der Waals surface area contributed by atoms with Gasteiger partial charge in [-0.1, -0.05) is 37.5 Å². The molecule has 0 spiro atoms. The molecule has 2 N–H and O–H groups in total. The Labute approximate surface area is 165 Å². The minimum Gasteiger partial charge on any atom is -0.455 e. The van der Waals surface area contributed by atoms with E-state index in [9.17, 15) is 14.4 Å². The lowest BCUT2D eigenvalue weighted by molar-refractivity contribution is -0.154. The van der Waals surface area contributed by atoms with Crippen LogP contribution in [0.5, 0.6) is 0 Å². The zero-order chi connectivity index (χ0) is 19.8. The lowest BCUT2D eigenvalue weighted by Gasteiger charge is -2.31. The Balaban J connectivity index is 1.35. The normalized spacial score (nSPS) is 18.4. The molecule has 0 atom stereocenters. The van der Waals surface area contributed by atoms with E-state index >= 15 is 0 Å². The number of esters is 1. The summed E-state index contributed by atoms with van der Waals surface area (Å²) in [5, 5.41) is 5.80. The number of urea groups is 1. The highest BCUT2D eigenvalue weighted by Crippen LogP contribution is 2.20. The number of nitrogens with zero attached hydrogens (tertiary/aromatic N) is 1. The van der Waals surface area contributed by atoms with E-state index in [-0.39, 0.29) is 36.5 Å². The fourth-order valence-corrected chi connectivity index (χ4v) is 3.81. The molecule has 7 nitrogen and oxygen atoms in total. The van der Waals surface area contributed by atoms with Gasteiger partial charge in [-0.2, -0.15) is 0 Å². The second-order valence-corrected chi connectivity index (χ2v) is 7.57. The molecule has 1 aliphatic carbocycles. The number of carbonyl (C=O) groups is 3. The molecule has 3 rings (SSSR count). The van der Waals surface area contributed by atoms with Crippen LogP contribution < -0.4 is 10.6 Å². The SMILES string of the molecule is O=C(COC(=O)C1CCN(C(=O)Nc2ccccc2)CC1)NC1CCCCC1. The molecule has 0 aromatic heterocycles. The van der Waals surface area contributed by atoms with Crippen LogP contribution in [-0.2, 0) is 14.3 Å². The fourth-order valence-electron chi connectivity index (χ4n) is 3.81. The first-order valence-corrected chi connectivity index (χ1v) is 10.2. The molecule has 1 saturated carbocycles. The van der Waals surface area contributed by atoms with Gasteiger partial charge in [-0.05, 0) is 37.8 Å². The number of benzene rings is 1. The lowest BCUT2D eigenvalue weighted by atomic mass is 9.95. The van der Waals surface area contributed by atoms with Gasteiger partial charge >= 0.3 is 12.0 Å². The first kappa shape index (κ1) is 20.2. The second kappa shape index (κ2) is 10.1. The predicted octanol–water partition coefficient (Wildman–Crippen LogP) is 2.92. The van der Waals surface area contributed by atoms with Crippen LogP contribution in [0.15, 0.2) is 30.3 Å². The van der Waals surface area contributed by atoms with Crippen LogP contribution in [0.3, 0.4) is 0 Å². The number of amides is 3. The number of para-hydroxylation sites is 1. The van der Waals surface area contributed by atoms with E-state index in [2.05, 4.69) is 10.6 Å². The van der Waals surface area contributed by atoms with Gasteiger partial charge in [0, 0.05) is 24.8 Å². The summed E-state index contributed by atoms with van der Waals surface area (Å²) in [7, 11) is 0. The van der Waals surface area contributed by atoms with E-state index in [4.69, 9.17) is 4.74 Å². The summed E-state index contributed by atoms with van der Waals surface area (Å²) in [6.45, 7) is 0.767. The zero-order valence-corrected chi connectivity index (χ0v) is 16.2. The topological polar surface area (TPSA) is 87.7 Å². The van der Waals surface area contributed by atoms with Gasteiger partial charge in [0.25, 0.3) is 5.91 Å². The van der Waals surface area contributed by atoms with E-state index in [1.807, 2.05) is 30.3 Å². The van der Waals surface area contributed by atoms with Gasteiger partial charge in [0.1, 0.15) is 0 Å². The molecular weight excluding hydrogens is 358 g/mol. The quantitative estimate of drug-likeness (QED) is 0.761. The summed E-state index contributed by atoms with van der Waals surface area (Å²) in [6, 6.07) is 9.34. The van der Waals surface area contributed by atoms with Crippen molar-refractivity contribution in [2.45, 2.75) is 51.0 Å². The maximum Gasteiger partial charge on any atom is 0.321 e. The average molecular weight is 387 g/mol. The first-order chi connectivity index (χ1) is 13.6. The van der Waals surface area contributed by atoms with E-state index < -0.39 is 0 Å². The summed E-state index contributed by atoms with van der Waals surface area (Å²) >= 11 is 0. The molecule has 1 aromatic carbocycles. The van der Waals surface area contributed by atoms with Gasteiger partial charge in [-0.15, -0.1) is 0 Å².